The molecule has 1 aromatic heterocycles. The summed E-state index contributed by atoms with van der Waals surface area (Å²) in [4.78, 5) is 14.5. The number of piperidine rings is 1. The highest BCUT2D eigenvalue weighted by molar-refractivity contribution is 7.13. The van der Waals surface area contributed by atoms with Crippen molar-refractivity contribution in [2.75, 3.05) is 25.0 Å². The third-order valence-corrected chi connectivity index (χ3v) is 4.77. The van der Waals surface area contributed by atoms with Gasteiger partial charge in [0.25, 0.3) is 5.91 Å². The molecule has 1 aliphatic heterocycles. The quantitative estimate of drug-likeness (QED) is 0.875. The maximum atomic E-state index is 12.1. The van der Waals surface area contributed by atoms with Gasteiger partial charge in [0.05, 0.1) is 0 Å². The summed E-state index contributed by atoms with van der Waals surface area (Å²) in [5, 5.41) is 19.9. The van der Waals surface area contributed by atoms with E-state index in [1.54, 1.807) is 5.51 Å². The van der Waals surface area contributed by atoms with Crippen LogP contribution in [0.5, 0.6) is 0 Å². The van der Waals surface area contributed by atoms with E-state index in [1.807, 2.05) is 24.3 Å². The zero-order chi connectivity index (χ0) is 16.1. The van der Waals surface area contributed by atoms with Crippen molar-refractivity contribution in [3.05, 3.63) is 40.9 Å². The molecule has 0 saturated carbocycles. The number of nitrogens with one attached hydrogen (secondary N) is 1. The molecule has 0 aliphatic carbocycles. The van der Waals surface area contributed by atoms with Gasteiger partial charge in [0.1, 0.15) is 5.51 Å². The first-order chi connectivity index (χ1) is 11.2. The van der Waals surface area contributed by atoms with Gasteiger partial charge in [-0.3, -0.25) is 15.0 Å². The zero-order valence-electron chi connectivity index (χ0n) is 12.8. The monoisotopic (exact) mass is 332 g/mol. The van der Waals surface area contributed by atoms with E-state index in [0.29, 0.717) is 23.2 Å². The van der Waals surface area contributed by atoms with Crippen LogP contribution in [0.2, 0.25) is 0 Å². The van der Waals surface area contributed by atoms with Gasteiger partial charge >= 0.3 is 0 Å². The number of carbonyl (C=O) groups excluding carboxylic acids is 1. The topological polar surface area (TPSA) is 78.4 Å². The molecule has 2 heterocycles. The Labute approximate surface area is 139 Å². The molecule has 0 spiro atoms. The standard InChI is InChI=1S/C16H20N4O2S/c21-10-13-5-7-20(8-6-13)9-12-1-3-14(4-2-12)15(22)18-16-19-17-11-23-16/h1-4,11,13,21H,5-10H2,(H,18,19,22). The molecular weight excluding hydrogens is 312 g/mol. The second-order valence-corrected chi connectivity index (χ2v) is 6.63. The number of likely N-dealkylation sites (tertiary alicyclic amines) is 1. The van der Waals surface area contributed by atoms with E-state index >= 15 is 0 Å². The number of aromatic nitrogens is 2. The Kier molecular flexibility index (Phi) is 5.32. The second-order valence-electron chi connectivity index (χ2n) is 5.80. The maximum absolute atomic E-state index is 12.1. The lowest BCUT2D eigenvalue weighted by atomic mass is 9.97. The van der Waals surface area contributed by atoms with Crippen LogP contribution in [0.3, 0.4) is 0 Å². The van der Waals surface area contributed by atoms with Crippen molar-refractivity contribution in [3.8, 4) is 0 Å². The Bertz CT molecular complexity index is 622. The lowest BCUT2D eigenvalue weighted by molar-refractivity contribution is 0.102. The fourth-order valence-electron chi connectivity index (χ4n) is 2.74. The summed E-state index contributed by atoms with van der Waals surface area (Å²) in [6, 6.07) is 7.67. The molecule has 1 aromatic carbocycles. The van der Waals surface area contributed by atoms with Crippen LogP contribution in [0, 0.1) is 5.92 Å². The number of amides is 1. The van der Waals surface area contributed by atoms with Crippen LogP contribution < -0.4 is 5.32 Å². The first-order valence-corrected chi connectivity index (χ1v) is 8.62. The van der Waals surface area contributed by atoms with Crippen molar-refractivity contribution in [2.45, 2.75) is 19.4 Å². The zero-order valence-corrected chi connectivity index (χ0v) is 13.6. The fourth-order valence-corrected chi connectivity index (χ4v) is 3.18. The van der Waals surface area contributed by atoms with Gasteiger partial charge in [-0.1, -0.05) is 23.5 Å². The lowest BCUT2D eigenvalue weighted by Gasteiger charge is -2.31. The molecule has 0 atom stereocenters. The summed E-state index contributed by atoms with van der Waals surface area (Å²) in [5.41, 5.74) is 3.39. The molecule has 7 heteroatoms. The Morgan fingerprint density at radius 3 is 2.65 bits per heavy atom. The molecule has 23 heavy (non-hydrogen) atoms. The molecule has 6 nitrogen and oxygen atoms in total. The normalized spacial score (nSPS) is 16.4. The largest absolute Gasteiger partial charge is 0.396 e. The molecular formula is C16H20N4O2S. The Hall–Kier alpha value is -1.83. The molecule has 1 amide bonds. The first-order valence-electron chi connectivity index (χ1n) is 7.74. The van der Waals surface area contributed by atoms with Crippen molar-refractivity contribution >= 4 is 22.4 Å². The van der Waals surface area contributed by atoms with Crippen molar-refractivity contribution in [3.63, 3.8) is 0 Å². The van der Waals surface area contributed by atoms with Gasteiger partial charge in [-0.15, -0.1) is 10.2 Å². The van der Waals surface area contributed by atoms with E-state index in [0.717, 1.165) is 32.5 Å². The number of benzene rings is 1. The number of hydrogen-bond acceptors (Lipinski definition) is 6. The van der Waals surface area contributed by atoms with Gasteiger partial charge in [0.15, 0.2) is 0 Å². The van der Waals surface area contributed by atoms with Crippen molar-refractivity contribution in [1.29, 1.82) is 0 Å². The molecule has 0 radical (unpaired) electrons. The molecule has 0 bridgehead atoms. The molecule has 1 saturated heterocycles. The molecule has 2 aromatic rings. The summed E-state index contributed by atoms with van der Waals surface area (Å²) in [5.74, 6) is 0.287. The van der Waals surface area contributed by atoms with Crippen LogP contribution in [-0.4, -0.2) is 45.8 Å². The summed E-state index contributed by atoms with van der Waals surface area (Å²) < 4.78 is 0. The molecule has 1 aliphatic rings. The summed E-state index contributed by atoms with van der Waals surface area (Å²) >= 11 is 1.30. The van der Waals surface area contributed by atoms with Crippen LogP contribution in [0.15, 0.2) is 29.8 Å². The van der Waals surface area contributed by atoms with Crippen molar-refractivity contribution in [2.24, 2.45) is 5.92 Å². The van der Waals surface area contributed by atoms with E-state index in [9.17, 15) is 9.90 Å². The predicted molar refractivity (Wildman–Crippen MR) is 89.4 cm³/mol. The highest BCUT2D eigenvalue weighted by Gasteiger charge is 2.18. The molecule has 0 unspecified atom stereocenters. The molecule has 3 rings (SSSR count). The van der Waals surface area contributed by atoms with Crippen LogP contribution in [0.1, 0.15) is 28.8 Å². The minimum Gasteiger partial charge on any atom is -0.396 e. The Balaban J connectivity index is 1.54. The van der Waals surface area contributed by atoms with Crippen molar-refractivity contribution in [1.82, 2.24) is 15.1 Å². The third-order valence-electron chi connectivity index (χ3n) is 4.17. The van der Waals surface area contributed by atoms with Crippen LogP contribution in [-0.2, 0) is 6.54 Å². The maximum Gasteiger partial charge on any atom is 0.257 e. The van der Waals surface area contributed by atoms with Crippen LogP contribution in [0.25, 0.3) is 0 Å². The number of rotatable bonds is 5. The predicted octanol–water partition coefficient (Wildman–Crippen LogP) is 1.99. The van der Waals surface area contributed by atoms with E-state index in [4.69, 9.17) is 0 Å². The highest BCUT2D eigenvalue weighted by atomic mass is 32.1. The minimum absolute atomic E-state index is 0.169. The van der Waals surface area contributed by atoms with Gasteiger partial charge in [-0.2, -0.15) is 0 Å². The number of nitrogens with zero attached hydrogens (tertiary/aromatic N) is 3. The van der Waals surface area contributed by atoms with Crippen molar-refractivity contribution < 1.29 is 9.90 Å². The number of carbonyl (C=O) groups is 1. The summed E-state index contributed by atoms with van der Waals surface area (Å²) in [6.45, 7) is 3.22. The van der Waals surface area contributed by atoms with Gasteiger partial charge < -0.3 is 5.11 Å². The fraction of sp³-hybridized carbons (Fsp3) is 0.438. The van der Waals surface area contributed by atoms with Gasteiger partial charge in [-0.25, -0.2) is 0 Å². The smallest absolute Gasteiger partial charge is 0.257 e. The minimum atomic E-state index is -0.169. The summed E-state index contributed by atoms with van der Waals surface area (Å²) in [7, 11) is 0. The molecule has 122 valence electrons. The lowest BCUT2D eigenvalue weighted by Crippen LogP contribution is -2.34. The SMILES string of the molecule is O=C(Nc1nncs1)c1ccc(CN2CCC(CO)CC2)cc1. The number of aliphatic hydroxyl groups excluding tert-OH is 1. The molecule has 2 N–H and O–H groups in total. The number of anilines is 1. The van der Waals surface area contributed by atoms with E-state index in [1.165, 1.54) is 16.9 Å². The van der Waals surface area contributed by atoms with Crippen LogP contribution in [0.4, 0.5) is 5.13 Å². The Morgan fingerprint density at radius 1 is 1.30 bits per heavy atom. The van der Waals surface area contributed by atoms with Gasteiger partial charge in [-0.05, 0) is 49.5 Å². The van der Waals surface area contributed by atoms with E-state index in [-0.39, 0.29) is 5.91 Å². The number of aliphatic hydroxyl groups is 1. The first kappa shape index (κ1) is 16.0. The average molecular weight is 332 g/mol. The summed E-state index contributed by atoms with van der Waals surface area (Å²) in [6.07, 6.45) is 2.11. The third kappa shape index (κ3) is 4.34. The van der Waals surface area contributed by atoms with Gasteiger partial charge in [0.2, 0.25) is 5.13 Å². The molecule has 1 fully saturated rings. The van der Waals surface area contributed by atoms with Gasteiger partial charge in [0, 0.05) is 18.7 Å². The number of hydrogen-bond donors (Lipinski definition) is 2. The van der Waals surface area contributed by atoms with E-state index < -0.39 is 0 Å². The highest BCUT2D eigenvalue weighted by Crippen LogP contribution is 2.19. The second kappa shape index (κ2) is 7.63. The van der Waals surface area contributed by atoms with E-state index in [2.05, 4.69) is 20.4 Å². The van der Waals surface area contributed by atoms with Crippen LogP contribution >= 0.6 is 11.3 Å². The Morgan fingerprint density at radius 2 is 2.04 bits per heavy atom. The average Bonchev–Trinajstić information content (AvgIpc) is 3.09.